The molecule has 0 spiro atoms. The highest BCUT2D eigenvalue weighted by molar-refractivity contribution is 8.00. The second-order valence-corrected chi connectivity index (χ2v) is 12.4. The molecule has 2 amide bonds. The molecule has 0 aromatic carbocycles. The van der Waals surface area contributed by atoms with E-state index in [0.717, 1.165) is 12.8 Å². The van der Waals surface area contributed by atoms with Gasteiger partial charge in [0.15, 0.2) is 0 Å². The molecule has 29 heavy (non-hydrogen) atoms. The van der Waals surface area contributed by atoms with Crippen LogP contribution in [0.4, 0.5) is 4.79 Å². The Morgan fingerprint density at radius 3 is 2.72 bits per heavy atom. The van der Waals surface area contributed by atoms with Crippen molar-refractivity contribution in [3.8, 4) is 0 Å². The lowest BCUT2D eigenvalue weighted by Gasteiger charge is -2.37. The summed E-state index contributed by atoms with van der Waals surface area (Å²) in [4.78, 5) is 27.4. The number of urea groups is 1. The van der Waals surface area contributed by atoms with E-state index in [-0.39, 0.29) is 40.8 Å². The molecule has 5 unspecified atom stereocenters. The molecule has 4 aliphatic rings. The minimum atomic E-state index is -3.43. The van der Waals surface area contributed by atoms with E-state index >= 15 is 0 Å². The van der Waals surface area contributed by atoms with E-state index in [4.69, 9.17) is 5.11 Å². The fraction of sp³-hybridized carbons (Fsp3) is 0.889. The van der Waals surface area contributed by atoms with Crippen molar-refractivity contribution in [2.24, 2.45) is 0 Å². The molecule has 2 saturated carbocycles. The third kappa shape index (κ3) is 4.24. The molecule has 3 N–H and O–H groups in total. The van der Waals surface area contributed by atoms with Crippen molar-refractivity contribution in [3.05, 3.63) is 0 Å². The smallest absolute Gasteiger partial charge is 0.322 e. The predicted molar refractivity (Wildman–Crippen MR) is 110 cm³/mol. The predicted octanol–water partition coefficient (Wildman–Crippen LogP) is 0.969. The number of amides is 2. The number of hydrogen-bond donors (Lipinski definition) is 3. The number of aliphatic carboxylic acids is 1. The summed E-state index contributed by atoms with van der Waals surface area (Å²) in [6.07, 6.45) is 4.07. The summed E-state index contributed by atoms with van der Waals surface area (Å²) >= 11 is 1.58. The Balaban J connectivity index is 1.45. The number of nitrogens with zero attached hydrogens (tertiary/aromatic N) is 2. The van der Waals surface area contributed by atoms with Crippen LogP contribution in [0.15, 0.2) is 0 Å². The van der Waals surface area contributed by atoms with Crippen LogP contribution in [0.5, 0.6) is 0 Å². The van der Waals surface area contributed by atoms with Gasteiger partial charge in [0, 0.05) is 30.8 Å². The molecular formula is C18H30N4O5S2. The van der Waals surface area contributed by atoms with Crippen LogP contribution in [0.25, 0.3) is 0 Å². The van der Waals surface area contributed by atoms with Gasteiger partial charge in [-0.25, -0.2) is 17.9 Å². The first-order valence-corrected chi connectivity index (χ1v) is 12.8. The number of carbonyl (C=O) groups is 2. The number of hydrogen-bond acceptors (Lipinski definition) is 6. The molecule has 5 atom stereocenters. The normalized spacial score (nSPS) is 36.3. The van der Waals surface area contributed by atoms with Gasteiger partial charge in [0.1, 0.15) is 5.50 Å². The summed E-state index contributed by atoms with van der Waals surface area (Å²) < 4.78 is 28.7. The van der Waals surface area contributed by atoms with Crippen LogP contribution in [0.2, 0.25) is 0 Å². The van der Waals surface area contributed by atoms with Crippen molar-refractivity contribution < 1.29 is 23.1 Å². The lowest BCUT2D eigenvalue weighted by atomic mass is 9.90. The summed E-state index contributed by atoms with van der Waals surface area (Å²) in [6.45, 7) is 2.58. The number of fused-ring (bicyclic) bond motifs is 1. The van der Waals surface area contributed by atoms with Crippen LogP contribution in [-0.4, -0.2) is 82.5 Å². The van der Waals surface area contributed by atoms with Crippen molar-refractivity contribution in [2.45, 2.75) is 85.5 Å². The highest BCUT2D eigenvalue weighted by Gasteiger charge is 2.53. The average Bonchev–Trinajstić information content (AvgIpc) is 3.09. The largest absolute Gasteiger partial charge is 0.481 e. The summed E-state index contributed by atoms with van der Waals surface area (Å²) in [5, 5.41) is 11.9. The number of carbonyl (C=O) groups excluding carboxylic acids is 1. The monoisotopic (exact) mass is 446 g/mol. The third-order valence-corrected chi connectivity index (χ3v) is 10.2. The fourth-order valence-corrected chi connectivity index (χ4v) is 8.05. The minimum absolute atomic E-state index is 0.0194. The molecular weight excluding hydrogens is 416 g/mol. The maximum atomic E-state index is 13.0. The van der Waals surface area contributed by atoms with E-state index in [1.807, 2.05) is 6.92 Å². The van der Waals surface area contributed by atoms with Gasteiger partial charge in [-0.05, 0) is 45.4 Å². The van der Waals surface area contributed by atoms with Gasteiger partial charge in [0.25, 0.3) is 0 Å². The van der Waals surface area contributed by atoms with Crippen molar-refractivity contribution in [3.63, 3.8) is 0 Å². The highest BCUT2D eigenvalue weighted by Crippen LogP contribution is 2.42. The van der Waals surface area contributed by atoms with Crippen LogP contribution in [0.3, 0.4) is 0 Å². The van der Waals surface area contributed by atoms with Crippen molar-refractivity contribution in [1.82, 2.24) is 19.8 Å². The first kappa shape index (κ1) is 21.2. The SMILES string of the molecule is CN1C(=O)N(C2NCC(CCC(=O)O)S2)C2CC(S(=O)(=O)NC3(C)CC3)CCC21. The molecule has 0 bridgehead atoms. The molecule has 4 rings (SSSR count). The molecule has 9 nitrogen and oxygen atoms in total. The number of sulfonamides is 1. The van der Waals surface area contributed by atoms with E-state index in [1.54, 1.807) is 28.6 Å². The van der Waals surface area contributed by atoms with Gasteiger partial charge in [-0.1, -0.05) is 0 Å². The average molecular weight is 447 g/mol. The Kier molecular flexibility index (Phi) is 5.54. The second-order valence-electron chi connectivity index (χ2n) is 9.03. The van der Waals surface area contributed by atoms with Crippen LogP contribution in [0.1, 0.15) is 51.9 Å². The number of nitrogens with one attached hydrogen (secondary N) is 2. The van der Waals surface area contributed by atoms with Crippen LogP contribution >= 0.6 is 11.8 Å². The highest BCUT2D eigenvalue weighted by atomic mass is 32.2. The maximum absolute atomic E-state index is 13.0. The zero-order valence-corrected chi connectivity index (χ0v) is 18.5. The minimum Gasteiger partial charge on any atom is -0.481 e. The quantitative estimate of drug-likeness (QED) is 0.533. The van der Waals surface area contributed by atoms with Crippen molar-refractivity contribution in [2.75, 3.05) is 13.6 Å². The van der Waals surface area contributed by atoms with Gasteiger partial charge in [-0.15, -0.1) is 11.8 Å². The maximum Gasteiger partial charge on any atom is 0.322 e. The van der Waals surface area contributed by atoms with Gasteiger partial charge in [-0.2, -0.15) is 0 Å². The Hall–Kier alpha value is -1.04. The number of likely N-dealkylation sites (N-methyl/N-ethyl adjacent to an activating group) is 1. The van der Waals surface area contributed by atoms with Crippen LogP contribution in [-0.2, 0) is 14.8 Å². The lowest BCUT2D eigenvalue weighted by Crippen LogP contribution is -2.52. The second kappa shape index (κ2) is 7.58. The van der Waals surface area contributed by atoms with Crippen LogP contribution < -0.4 is 10.0 Å². The van der Waals surface area contributed by atoms with E-state index in [1.165, 1.54) is 0 Å². The number of rotatable bonds is 7. The number of carboxylic acid groups (broad SMARTS) is 1. The number of carboxylic acids is 1. The van der Waals surface area contributed by atoms with Crippen LogP contribution in [0, 0.1) is 0 Å². The topological polar surface area (TPSA) is 119 Å². The zero-order chi connectivity index (χ0) is 21.0. The van der Waals surface area contributed by atoms with E-state index in [0.29, 0.717) is 32.2 Å². The Bertz CT molecular complexity index is 787. The first-order valence-electron chi connectivity index (χ1n) is 10.3. The summed E-state index contributed by atoms with van der Waals surface area (Å²) in [6, 6.07) is -0.215. The lowest BCUT2D eigenvalue weighted by molar-refractivity contribution is -0.137. The third-order valence-electron chi connectivity index (χ3n) is 6.71. The summed E-state index contributed by atoms with van der Waals surface area (Å²) in [5.41, 5.74) is -0.535. The number of thioether (sulfide) groups is 1. The van der Waals surface area contributed by atoms with Gasteiger partial charge >= 0.3 is 12.0 Å². The Morgan fingerprint density at radius 2 is 2.07 bits per heavy atom. The van der Waals surface area contributed by atoms with E-state index < -0.39 is 21.2 Å². The molecule has 4 fully saturated rings. The first-order chi connectivity index (χ1) is 13.6. The molecule has 11 heteroatoms. The summed E-state index contributed by atoms with van der Waals surface area (Å²) in [5.74, 6) is -0.816. The zero-order valence-electron chi connectivity index (χ0n) is 16.8. The van der Waals surface area contributed by atoms with Crippen molar-refractivity contribution >= 4 is 33.8 Å². The standard InChI is InChI=1S/C18H30N4O5S2/c1-18(7-8-18)20-29(26,27)12-4-5-13-14(9-12)22(17(25)21(13)2)16-19-10-11(28-16)3-6-15(23)24/h11-14,16,19-20H,3-10H2,1-2H3,(H,23,24). The molecule has 0 radical (unpaired) electrons. The fourth-order valence-electron chi connectivity index (χ4n) is 4.71. The van der Waals surface area contributed by atoms with Gasteiger partial charge in [-0.3, -0.25) is 15.0 Å². The van der Waals surface area contributed by atoms with E-state index in [2.05, 4.69) is 10.0 Å². The van der Waals surface area contributed by atoms with Gasteiger partial charge in [0.05, 0.1) is 17.3 Å². The molecule has 2 saturated heterocycles. The molecule has 0 aromatic rings. The Labute approximate surface area is 176 Å². The Morgan fingerprint density at radius 1 is 1.34 bits per heavy atom. The molecule has 2 heterocycles. The van der Waals surface area contributed by atoms with Gasteiger partial charge < -0.3 is 10.0 Å². The summed E-state index contributed by atoms with van der Waals surface area (Å²) in [7, 11) is -1.64. The van der Waals surface area contributed by atoms with Crippen molar-refractivity contribution in [1.29, 1.82) is 0 Å². The molecule has 0 aromatic heterocycles. The molecule has 2 aliphatic carbocycles. The molecule has 164 valence electrons. The molecule has 2 aliphatic heterocycles. The van der Waals surface area contributed by atoms with Gasteiger partial charge in [0.2, 0.25) is 10.0 Å². The van der Waals surface area contributed by atoms with E-state index in [9.17, 15) is 18.0 Å².